The van der Waals surface area contributed by atoms with Crippen molar-refractivity contribution in [3.05, 3.63) is 78.6 Å². The van der Waals surface area contributed by atoms with Crippen molar-refractivity contribution in [3.8, 4) is 17.1 Å². The minimum Gasteiger partial charge on any atom is -0.383 e. The third-order valence-corrected chi connectivity index (χ3v) is 7.83. The van der Waals surface area contributed by atoms with E-state index < -0.39 is 0 Å². The summed E-state index contributed by atoms with van der Waals surface area (Å²) in [5.41, 5.74) is 12.1. The Balaban J connectivity index is 1.26. The Morgan fingerprint density at radius 1 is 1.08 bits per heavy atom. The number of nitrogens with two attached hydrogens (primary N) is 1. The molecule has 2 N–H and O–H groups in total. The van der Waals surface area contributed by atoms with Crippen LogP contribution in [-0.2, 0) is 11.3 Å². The van der Waals surface area contributed by atoms with Crippen molar-refractivity contribution in [2.24, 2.45) is 0 Å². The summed E-state index contributed by atoms with van der Waals surface area (Å²) in [6, 6.07) is 16.9. The predicted molar refractivity (Wildman–Crippen MR) is 150 cm³/mol. The number of rotatable bonds is 7. The molecular formula is C30H33N7O. The molecular weight excluding hydrogens is 474 g/mol. The van der Waals surface area contributed by atoms with Crippen molar-refractivity contribution < 1.29 is 4.79 Å². The van der Waals surface area contributed by atoms with E-state index >= 15 is 0 Å². The van der Waals surface area contributed by atoms with Gasteiger partial charge in [0.05, 0.1) is 5.56 Å². The van der Waals surface area contributed by atoms with Crippen LogP contribution in [0.3, 0.4) is 0 Å². The number of likely N-dealkylation sites (N-methyl/N-ethyl adjacent to an activating group) is 1. The first kappa shape index (κ1) is 24.3. The molecule has 1 saturated carbocycles. The standard InChI is InChI=1S/C30H33N7O/c1-3-27(38)35(2)22-14-17-36(18-15-22)19-20-6-10-23(11-7-20)37-29(24-5-4-16-32-28(24)31)34-26-13-12-25(21-8-9-21)33-30(26)37/h3-7,10-13,16,21-22H,1,8-9,14-15,17-19H2,2H3,(H2,31,32). The van der Waals surface area contributed by atoms with Crippen LogP contribution < -0.4 is 5.73 Å². The molecule has 2 fully saturated rings. The summed E-state index contributed by atoms with van der Waals surface area (Å²) in [5, 5.41) is 0. The van der Waals surface area contributed by atoms with Gasteiger partial charge in [-0.25, -0.2) is 15.0 Å². The van der Waals surface area contributed by atoms with E-state index in [1.54, 1.807) is 6.20 Å². The highest BCUT2D eigenvalue weighted by Crippen LogP contribution is 2.40. The summed E-state index contributed by atoms with van der Waals surface area (Å²) in [6.45, 7) is 6.42. The van der Waals surface area contributed by atoms with Crippen molar-refractivity contribution in [2.45, 2.75) is 44.2 Å². The zero-order chi connectivity index (χ0) is 26.2. The lowest BCUT2D eigenvalue weighted by Crippen LogP contribution is -2.44. The van der Waals surface area contributed by atoms with Crippen molar-refractivity contribution in [3.63, 3.8) is 0 Å². The fourth-order valence-electron chi connectivity index (χ4n) is 5.41. The summed E-state index contributed by atoms with van der Waals surface area (Å²) < 4.78 is 2.11. The second-order valence-electron chi connectivity index (χ2n) is 10.4. The van der Waals surface area contributed by atoms with E-state index in [4.69, 9.17) is 15.7 Å². The number of carbonyl (C=O) groups is 1. The summed E-state index contributed by atoms with van der Waals surface area (Å²) in [5.74, 6) is 1.75. The van der Waals surface area contributed by atoms with Crippen molar-refractivity contribution in [2.75, 3.05) is 25.9 Å². The minimum absolute atomic E-state index is 0.00258. The number of anilines is 1. The lowest BCUT2D eigenvalue weighted by molar-refractivity contribution is -0.127. The molecule has 4 aromatic rings. The molecule has 194 valence electrons. The third kappa shape index (κ3) is 4.67. The van der Waals surface area contributed by atoms with Crippen LogP contribution in [0.1, 0.15) is 42.9 Å². The van der Waals surface area contributed by atoms with Crippen molar-refractivity contribution in [1.82, 2.24) is 29.3 Å². The van der Waals surface area contributed by atoms with Crippen LogP contribution in [-0.4, -0.2) is 61.4 Å². The maximum Gasteiger partial charge on any atom is 0.245 e. The molecule has 0 bridgehead atoms. The molecule has 0 atom stereocenters. The number of hydrogen-bond donors (Lipinski definition) is 1. The number of piperidine rings is 1. The number of hydrogen-bond acceptors (Lipinski definition) is 6. The van der Waals surface area contributed by atoms with Gasteiger partial charge < -0.3 is 10.6 Å². The molecule has 1 aliphatic carbocycles. The van der Waals surface area contributed by atoms with Gasteiger partial charge in [0.25, 0.3) is 0 Å². The third-order valence-electron chi connectivity index (χ3n) is 7.83. The molecule has 1 aliphatic heterocycles. The Kier molecular flexibility index (Phi) is 6.41. The fourth-order valence-corrected chi connectivity index (χ4v) is 5.41. The van der Waals surface area contributed by atoms with Crippen LogP contribution in [0.5, 0.6) is 0 Å². The van der Waals surface area contributed by atoms with Gasteiger partial charge in [-0.15, -0.1) is 0 Å². The topological polar surface area (TPSA) is 93.2 Å². The van der Waals surface area contributed by atoms with Crippen LogP contribution in [0.4, 0.5) is 5.82 Å². The van der Waals surface area contributed by atoms with E-state index in [0.717, 1.165) is 66.4 Å². The first-order valence-electron chi connectivity index (χ1n) is 13.3. The highest BCUT2D eigenvalue weighted by Gasteiger charge is 2.27. The molecule has 0 radical (unpaired) electrons. The van der Waals surface area contributed by atoms with Crippen LogP contribution in [0.15, 0.2) is 67.4 Å². The average Bonchev–Trinajstić information content (AvgIpc) is 3.74. The number of carbonyl (C=O) groups excluding carboxylic acids is 1. The number of likely N-dealkylation sites (tertiary alicyclic amines) is 1. The molecule has 4 heterocycles. The number of nitrogen functional groups attached to an aromatic ring is 1. The monoisotopic (exact) mass is 507 g/mol. The second-order valence-corrected chi connectivity index (χ2v) is 10.4. The van der Waals surface area contributed by atoms with Gasteiger partial charge in [-0.1, -0.05) is 18.7 Å². The fraction of sp³-hybridized carbons (Fsp3) is 0.333. The zero-order valence-electron chi connectivity index (χ0n) is 21.8. The highest BCUT2D eigenvalue weighted by atomic mass is 16.2. The quantitative estimate of drug-likeness (QED) is 0.369. The number of benzene rings is 1. The van der Waals surface area contributed by atoms with E-state index in [1.807, 2.05) is 24.1 Å². The van der Waals surface area contributed by atoms with E-state index in [-0.39, 0.29) is 11.9 Å². The number of pyridine rings is 2. The van der Waals surface area contributed by atoms with Gasteiger partial charge in [-0.2, -0.15) is 0 Å². The van der Waals surface area contributed by atoms with Crippen LogP contribution in [0, 0.1) is 0 Å². The van der Waals surface area contributed by atoms with E-state index in [1.165, 1.54) is 24.5 Å². The Bertz CT molecular complexity index is 1480. The molecule has 6 rings (SSSR count). The molecule has 2 aliphatic rings. The number of nitrogens with zero attached hydrogens (tertiary/aromatic N) is 6. The molecule has 8 heteroatoms. The Morgan fingerprint density at radius 3 is 2.53 bits per heavy atom. The Labute approximate surface area is 222 Å². The van der Waals surface area contributed by atoms with Gasteiger partial charge in [0, 0.05) is 56.2 Å². The van der Waals surface area contributed by atoms with E-state index in [0.29, 0.717) is 11.7 Å². The summed E-state index contributed by atoms with van der Waals surface area (Å²) >= 11 is 0. The van der Waals surface area contributed by atoms with Crippen molar-refractivity contribution >= 4 is 22.9 Å². The molecule has 1 saturated heterocycles. The SMILES string of the molecule is C=CC(=O)N(C)C1CCN(Cc2ccc(-n3c(-c4cccnc4N)nc4ccc(C5CC5)nc43)cc2)CC1. The van der Waals surface area contributed by atoms with Gasteiger partial charge in [0.15, 0.2) is 11.5 Å². The van der Waals surface area contributed by atoms with Crippen molar-refractivity contribution in [1.29, 1.82) is 0 Å². The highest BCUT2D eigenvalue weighted by molar-refractivity contribution is 5.87. The number of imidazole rings is 1. The first-order valence-corrected chi connectivity index (χ1v) is 13.3. The zero-order valence-corrected chi connectivity index (χ0v) is 21.8. The lowest BCUT2D eigenvalue weighted by atomic mass is 10.0. The Hall–Kier alpha value is -4.04. The second kappa shape index (κ2) is 10.0. The maximum absolute atomic E-state index is 12.0. The summed E-state index contributed by atoms with van der Waals surface area (Å²) in [4.78, 5) is 30.5. The lowest BCUT2D eigenvalue weighted by Gasteiger charge is -2.36. The van der Waals surface area contributed by atoms with Crippen LogP contribution in [0.2, 0.25) is 0 Å². The largest absolute Gasteiger partial charge is 0.383 e. The van der Waals surface area contributed by atoms with E-state index in [9.17, 15) is 4.79 Å². The summed E-state index contributed by atoms with van der Waals surface area (Å²) in [6.07, 6.45) is 7.43. The molecule has 1 amide bonds. The maximum atomic E-state index is 12.0. The molecule has 0 unspecified atom stereocenters. The molecule has 38 heavy (non-hydrogen) atoms. The molecule has 1 aromatic carbocycles. The number of aromatic nitrogens is 4. The molecule has 0 spiro atoms. The van der Waals surface area contributed by atoms with Gasteiger partial charge in [-0.05, 0) is 73.7 Å². The van der Waals surface area contributed by atoms with E-state index in [2.05, 4.69) is 57.4 Å². The van der Waals surface area contributed by atoms with Gasteiger partial charge >= 0.3 is 0 Å². The smallest absolute Gasteiger partial charge is 0.245 e. The van der Waals surface area contributed by atoms with Gasteiger partial charge in [-0.3, -0.25) is 14.3 Å². The number of fused-ring (bicyclic) bond motifs is 1. The average molecular weight is 508 g/mol. The molecule has 8 nitrogen and oxygen atoms in total. The first-order chi connectivity index (χ1) is 18.5. The number of amides is 1. The van der Waals surface area contributed by atoms with Gasteiger partial charge in [0.2, 0.25) is 5.91 Å². The molecule has 3 aromatic heterocycles. The minimum atomic E-state index is -0.00258. The van der Waals surface area contributed by atoms with Crippen LogP contribution >= 0.6 is 0 Å². The predicted octanol–water partition coefficient (Wildman–Crippen LogP) is 4.55. The Morgan fingerprint density at radius 2 is 1.84 bits per heavy atom. The summed E-state index contributed by atoms with van der Waals surface area (Å²) in [7, 11) is 1.87. The van der Waals surface area contributed by atoms with Gasteiger partial charge in [0.1, 0.15) is 11.3 Å². The normalized spacial score (nSPS) is 16.6. The van der Waals surface area contributed by atoms with Crippen LogP contribution in [0.25, 0.3) is 28.2 Å².